The van der Waals surface area contributed by atoms with E-state index >= 15 is 0 Å². The molecule has 0 heterocycles. The summed E-state index contributed by atoms with van der Waals surface area (Å²) >= 11 is 0. The van der Waals surface area contributed by atoms with E-state index in [1.807, 2.05) is 0 Å². The first-order valence-electron chi connectivity index (χ1n) is 7.75. The molecule has 0 saturated heterocycles. The van der Waals surface area contributed by atoms with Crippen molar-refractivity contribution in [3.8, 4) is 5.75 Å². The second-order valence-corrected chi connectivity index (χ2v) is 5.50. The summed E-state index contributed by atoms with van der Waals surface area (Å²) < 4.78 is 30.6. The molecule has 0 saturated carbocycles. The molecule has 3 N–H and O–H groups in total. The molecular formula is C18H16F2N2O5. The minimum absolute atomic E-state index is 0.0227. The number of rotatable bonds is 6. The standard InChI is InChI=1S/C18H16F2N2O5/c1-10-3-2-4-12(17(10)25)18(26)27-9-16(24)21-8-15(23)22-11-5-6-13(19)14(20)7-11/h2-7,25H,8-9H2,1H3,(H,21,24)(H,22,23). The molecule has 0 bridgehead atoms. The van der Waals surface area contributed by atoms with Crippen molar-refractivity contribution < 1.29 is 33.0 Å². The summed E-state index contributed by atoms with van der Waals surface area (Å²) in [7, 11) is 0. The van der Waals surface area contributed by atoms with Crippen molar-refractivity contribution in [2.24, 2.45) is 0 Å². The zero-order valence-electron chi connectivity index (χ0n) is 14.2. The highest BCUT2D eigenvalue weighted by Crippen LogP contribution is 2.21. The molecule has 0 atom stereocenters. The van der Waals surface area contributed by atoms with E-state index in [-0.39, 0.29) is 17.0 Å². The number of aryl methyl sites for hydroxylation is 1. The summed E-state index contributed by atoms with van der Waals surface area (Å²) in [6, 6.07) is 7.31. The van der Waals surface area contributed by atoms with Crippen LogP contribution < -0.4 is 10.6 Å². The summed E-state index contributed by atoms with van der Waals surface area (Å²) in [6.07, 6.45) is 0. The highest BCUT2D eigenvalue weighted by molar-refractivity contribution is 5.96. The Hall–Kier alpha value is -3.49. The van der Waals surface area contributed by atoms with Gasteiger partial charge in [-0.05, 0) is 30.7 Å². The number of para-hydroxylation sites is 1. The number of phenolic OH excluding ortho intramolecular Hbond substituents is 1. The molecule has 0 unspecified atom stereocenters. The lowest BCUT2D eigenvalue weighted by atomic mass is 10.1. The average Bonchev–Trinajstić information content (AvgIpc) is 2.63. The lowest BCUT2D eigenvalue weighted by molar-refractivity contribution is -0.126. The maximum absolute atomic E-state index is 13.1. The van der Waals surface area contributed by atoms with Crippen LogP contribution in [-0.2, 0) is 14.3 Å². The molecule has 2 rings (SSSR count). The molecule has 7 nitrogen and oxygen atoms in total. The summed E-state index contributed by atoms with van der Waals surface area (Å²) in [6.45, 7) is 0.472. The van der Waals surface area contributed by atoms with E-state index in [0.29, 0.717) is 5.56 Å². The van der Waals surface area contributed by atoms with Crippen molar-refractivity contribution in [3.63, 3.8) is 0 Å². The van der Waals surface area contributed by atoms with Crippen LogP contribution in [0.4, 0.5) is 14.5 Å². The van der Waals surface area contributed by atoms with E-state index in [9.17, 15) is 28.3 Å². The number of nitrogens with one attached hydrogen (secondary N) is 2. The van der Waals surface area contributed by atoms with Gasteiger partial charge in [0, 0.05) is 11.8 Å². The lowest BCUT2D eigenvalue weighted by Gasteiger charge is -2.09. The summed E-state index contributed by atoms with van der Waals surface area (Å²) in [5.41, 5.74) is 0.413. The van der Waals surface area contributed by atoms with E-state index in [1.54, 1.807) is 19.1 Å². The number of aromatic hydroxyl groups is 1. The zero-order chi connectivity index (χ0) is 20.0. The number of halogens is 2. The number of esters is 1. The molecule has 0 spiro atoms. The summed E-state index contributed by atoms with van der Waals surface area (Å²) in [5.74, 6) is -4.75. The Morgan fingerprint density at radius 1 is 1.07 bits per heavy atom. The fourth-order valence-electron chi connectivity index (χ4n) is 2.04. The third-order valence-electron chi connectivity index (χ3n) is 3.44. The van der Waals surface area contributed by atoms with E-state index in [0.717, 1.165) is 18.2 Å². The predicted octanol–water partition coefficient (Wildman–Crippen LogP) is 1.89. The van der Waals surface area contributed by atoms with Crippen LogP contribution in [0.25, 0.3) is 0 Å². The Balaban J connectivity index is 1.78. The number of hydrogen-bond acceptors (Lipinski definition) is 5. The van der Waals surface area contributed by atoms with Crippen molar-refractivity contribution in [1.29, 1.82) is 0 Å². The highest BCUT2D eigenvalue weighted by Gasteiger charge is 2.16. The molecule has 2 amide bonds. The molecule has 0 aliphatic heterocycles. The number of carbonyl (C=O) groups excluding carboxylic acids is 3. The number of hydrogen-bond donors (Lipinski definition) is 3. The second-order valence-electron chi connectivity index (χ2n) is 5.50. The maximum Gasteiger partial charge on any atom is 0.342 e. The van der Waals surface area contributed by atoms with Crippen molar-refractivity contribution in [2.45, 2.75) is 6.92 Å². The van der Waals surface area contributed by atoms with Crippen molar-refractivity contribution in [3.05, 3.63) is 59.2 Å². The van der Waals surface area contributed by atoms with Gasteiger partial charge >= 0.3 is 5.97 Å². The summed E-state index contributed by atoms with van der Waals surface area (Å²) in [4.78, 5) is 35.2. The first-order chi connectivity index (χ1) is 12.8. The smallest absolute Gasteiger partial charge is 0.342 e. The number of phenols is 1. The van der Waals surface area contributed by atoms with Gasteiger partial charge in [-0.1, -0.05) is 12.1 Å². The highest BCUT2D eigenvalue weighted by atomic mass is 19.2. The second kappa shape index (κ2) is 8.75. The molecule has 0 radical (unpaired) electrons. The Morgan fingerprint density at radius 3 is 2.52 bits per heavy atom. The van der Waals surface area contributed by atoms with Gasteiger partial charge in [-0.3, -0.25) is 9.59 Å². The molecule has 0 aliphatic rings. The first kappa shape index (κ1) is 19.8. The van der Waals surface area contributed by atoms with Crippen molar-refractivity contribution in [1.82, 2.24) is 5.32 Å². The van der Waals surface area contributed by atoms with Crippen LogP contribution in [0.3, 0.4) is 0 Å². The Morgan fingerprint density at radius 2 is 1.81 bits per heavy atom. The largest absolute Gasteiger partial charge is 0.507 e. The van der Waals surface area contributed by atoms with Gasteiger partial charge in [0.1, 0.15) is 11.3 Å². The Bertz CT molecular complexity index is 886. The molecule has 0 fully saturated rings. The first-order valence-corrected chi connectivity index (χ1v) is 7.75. The molecule has 9 heteroatoms. The van der Waals surface area contributed by atoms with Crippen LogP contribution in [0.1, 0.15) is 15.9 Å². The number of anilines is 1. The van der Waals surface area contributed by atoms with E-state index in [2.05, 4.69) is 10.6 Å². The monoisotopic (exact) mass is 378 g/mol. The molecular weight excluding hydrogens is 362 g/mol. The quantitative estimate of drug-likeness (QED) is 0.666. The zero-order valence-corrected chi connectivity index (χ0v) is 14.2. The molecule has 2 aromatic carbocycles. The predicted molar refractivity (Wildman–Crippen MR) is 91.1 cm³/mol. The minimum atomic E-state index is -1.12. The van der Waals surface area contributed by atoms with Crippen LogP contribution in [-0.4, -0.2) is 36.0 Å². The van der Waals surface area contributed by atoms with Crippen molar-refractivity contribution in [2.75, 3.05) is 18.5 Å². The minimum Gasteiger partial charge on any atom is -0.507 e. The van der Waals surface area contributed by atoms with Crippen LogP contribution in [0.5, 0.6) is 5.75 Å². The Kier molecular flexibility index (Phi) is 6.42. The molecule has 142 valence electrons. The third kappa shape index (κ3) is 5.50. The van der Waals surface area contributed by atoms with Gasteiger partial charge in [-0.15, -0.1) is 0 Å². The SMILES string of the molecule is Cc1cccc(C(=O)OCC(=O)NCC(=O)Nc2ccc(F)c(F)c2)c1O. The number of carbonyl (C=O) groups is 3. The van der Waals surface area contributed by atoms with Gasteiger partial charge in [0.2, 0.25) is 5.91 Å². The van der Waals surface area contributed by atoms with Crippen LogP contribution in [0, 0.1) is 18.6 Å². The van der Waals surface area contributed by atoms with Gasteiger partial charge in [0.15, 0.2) is 18.2 Å². The van der Waals surface area contributed by atoms with E-state index in [4.69, 9.17) is 4.74 Å². The van der Waals surface area contributed by atoms with Crippen LogP contribution in [0.15, 0.2) is 36.4 Å². The number of ether oxygens (including phenoxy) is 1. The van der Waals surface area contributed by atoms with Gasteiger partial charge in [0.25, 0.3) is 5.91 Å². The topological polar surface area (TPSA) is 105 Å². The van der Waals surface area contributed by atoms with Gasteiger partial charge in [0.05, 0.1) is 6.54 Å². The van der Waals surface area contributed by atoms with E-state index in [1.165, 1.54) is 6.07 Å². The number of amides is 2. The maximum atomic E-state index is 13.1. The van der Waals surface area contributed by atoms with Crippen LogP contribution in [0.2, 0.25) is 0 Å². The van der Waals surface area contributed by atoms with Gasteiger partial charge < -0.3 is 20.5 Å². The van der Waals surface area contributed by atoms with E-state index < -0.39 is 42.6 Å². The normalized spacial score (nSPS) is 10.2. The average molecular weight is 378 g/mol. The van der Waals surface area contributed by atoms with Crippen LogP contribution >= 0.6 is 0 Å². The fraction of sp³-hybridized carbons (Fsp3) is 0.167. The Labute approximate surface area is 153 Å². The van der Waals surface area contributed by atoms with Gasteiger partial charge in [-0.25, -0.2) is 13.6 Å². The molecule has 0 aliphatic carbocycles. The summed E-state index contributed by atoms with van der Waals surface area (Å²) in [5, 5.41) is 14.3. The molecule has 2 aromatic rings. The fourth-order valence-corrected chi connectivity index (χ4v) is 2.04. The molecule has 0 aromatic heterocycles. The molecule has 27 heavy (non-hydrogen) atoms. The van der Waals surface area contributed by atoms with Crippen molar-refractivity contribution >= 4 is 23.5 Å². The number of benzene rings is 2. The lowest BCUT2D eigenvalue weighted by Crippen LogP contribution is -2.35. The van der Waals surface area contributed by atoms with Gasteiger partial charge in [-0.2, -0.15) is 0 Å². The third-order valence-corrected chi connectivity index (χ3v) is 3.44.